The summed E-state index contributed by atoms with van der Waals surface area (Å²) in [6, 6.07) is 21.9. The van der Waals surface area contributed by atoms with Gasteiger partial charge in [-0.3, -0.25) is 4.79 Å². The van der Waals surface area contributed by atoms with Gasteiger partial charge < -0.3 is 44.4 Å². The summed E-state index contributed by atoms with van der Waals surface area (Å²) in [5, 5.41) is 3.45. The molecule has 52 heavy (non-hydrogen) atoms. The first-order valence-electron chi connectivity index (χ1n) is 18.7. The highest BCUT2D eigenvalue weighted by Gasteiger charge is 2.39. The molecule has 0 spiro atoms. The Balaban J connectivity index is 1.23. The van der Waals surface area contributed by atoms with Crippen molar-refractivity contribution < 1.29 is 33.2 Å². The van der Waals surface area contributed by atoms with Crippen molar-refractivity contribution >= 4 is 11.7 Å². The fraction of sp³-hybridized carbons (Fsp3) is 0.548. The third-order valence-electron chi connectivity index (χ3n) is 10.1. The van der Waals surface area contributed by atoms with E-state index in [1.165, 1.54) is 11.3 Å². The first kappa shape index (κ1) is 39.5. The molecule has 1 saturated heterocycles. The Morgan fingerprint density at radius 3 is 2.46 bits per heavy atom. The van der Waals surface area contributed by atoms with Gasteiger partial charge in [0.15, 0.2) is 0 Å². The molecule has 0 saturated carbocycles. The first-order chi connectivity index (χ1) is 25.1. The predicted octanol–water partition coefficient (Wildman–Crippen LogP) is 5.98. The minimum absolute atomic E-state index is 0.0311. The van der Waals surface area contributed by atoms with E-state index in [0.717, 1.165) is 60.7 Å². The maximum atomic E-state index is 13.1. The van der Waals surface area contributed by atoms with E-state index in [4.69, 9.17) is 34.2 Å². The van der Waals surface area contributed by atoms with Crippen LogP contribution in [-0.4, -0.2) is 84.4 Å². The number of piperidine rings is 1. The Morgan fingerprint density at radius 1 is 0.942 bits per heavy atom. The fourth-order valence-electron chi connectivity index (χ4n) is 7.16. The quantitative estimate of drug-likeness (QED) is 0.113. The molecular weight excluding hydrogens is 658 g/mol. The summed E-state index contributed by atoms with van der Waals surface area (Å²) >= 11 is 0. The summed E-state index contributed by atoms with van der Waals surface area (Å²) in [5.41, 5.74) is 12.1. The molecule has 0 bridgehead atoms. The van der Waals surface area contributed by atoms with Crippen LogP contribution in [0.3, 0.4) is 0 Å². The molecule has 0 aliphatic carbocycles. The van der Waals surface area contributed by atoms with Gasteiger partial charge in [0.2, 0.25) is 0 Å². The number of anilines is 1. The van der Waals surface area contributed by atoms with E-state index < -0.39 is 18.1 Å². The van der Waals surface area contributed by atoms with Crippen LogP contribution in [0, 0.1) is 5.92 Å². The Labute approximate surface area is 310 Å². The number of carbonyl (C=O) groups is 1. The van der Waals surface area contributed by atoms with Crippen LogP contribution in [-0.2, 0) is 42.4 Å². The molecule has 284 valence electrons. The minimum atomic E-state index is -0.695. The first-order valence-corrected chi connectivity index (χ1v) is 18.7. The van der Waals surface area contributed by atoms with Gasteiger partial charge in [-0.15, -0.1) is 0 Å². The molecule has 3 aromatic carbocycles. The molecule has 0 radical (unpaired) electrons. The van der Waals surface area contributed by atoms with Gasteiger partial charge in [-0.25, -0.2) is 0 Å². The smallest absolute Gasteiger partial charge is 0.323 e. The summed E-state index contributed by atoms with van der Waals surface area (Å²) in [4.78, 5) is 15.6. The second-order valence-corrected chi connectivity index (χ2v) is 14.9. The lowest BCUT2D eigenvalue weighted by atomic mass is 9.85. The summed E-state index contributed by atoms with van der Waals surface area (Å²) in [7, 11) is 3.42. The van der Waals surface area contributed by atoms with Crippen LogP contribution in [0.15, 0.2) is 66.7 Å². The van der Waals surface area contributed by atoms with Crippen LogP contribution in [0.4, 0.5) is 5.69 Å². The Kier molecular flexibility index (Phi) is 14.4. The number of methoxy groups -OCH3 is 2. The molecule has 3 N–H and O–H groups in total. The van der Waals surface area contributed by atoms with Crippen LogP contribution >= 0.6 is 0 Å². The molecule has 10 nitrogen and oxygen atoms in total. The molecule has 3 aromatic rings. The highest BCUT2D eigenvalue weighted by Crippen LogP contribution is 2.41. The molecule has 0 amide bonds. The second kappa shape index (κ2) is 18.9. The molecule has 10 heteroatoms. The van der Waals surface area contributed by atoms with Gasteiger partial charge in [-0.2, -0.15) is 0 Å². The van der Waals surface area contributed by atoms with Crippen LogP contribution in [0.2, 0.25) is 0 Å². The van der Waals surface area contributed by atoms with Crippen LogP contribution in [0.1, 0.15) is 68.7 Å². The van der Waals surface area contributed by atoms with Crippen LogP contribution < -0.4 is 25.4 Å². The minimum Gasteiger partial charge on any atom is -0.496 e. The number of nitrogens with two attached hydrogens (primary N) is 1. The zero-order valence-electron chi connectivity index (χ0n) is 31.9. The fourth-order valence-corrected chi connectivity index (χ4v) is 7.16. The zero-order chi connectivity index (χ0) is 37.1. The summed E-state index contributed by atoms with van der Waals surface area (Å²) in [5.74, 6) is 0.979. The Morgan fingerprint density at radius 2 is 1.71 bits per heavy atom. The lowest BCUT2D eigenvalue weighted by Crippen LogP contribution is -2.52. The van der Waals surface area contributed by atoms with Crippen molar-refractivity contribution in [1.82, 2.24) is 5.32 Å². The number of carbonyl (C=O) groups excluding carboxylic acids is 1. The van der Waals surface area contributed by atoms with Crippen molar-refractivity contribution in [2.45, 2.75) is 83.3 Å². The molecule has 2 aliphatic rings. The number of nitrogens with zero attached hydrogens (tertiary/aromatic N) is 1. The molecule has 4 atom stereocenters. The molecule has 0 aromatic heterocycles. The van der Waals surface area contributed by atoms with E-state index in [0.29, 0.717) is 39.5 Å². The molecule has 1 fully saturated rings. The SMILES string of the molecule is COCCCN1CC(C)(C)c2ccc(CO[C@H]3CNC[C@@H](OC(=O)[C@@H](N)C(C)C)[C@@H]3c3ccc(OCCCOCc4ccccc4OC)cc3)cc21. The van der Waals surface area contributed by atoms with Crippen molar-refractivity contribution in [2.24, 2.45) is 11.7 Å². The number of para-hydroxylation sites is 1. The lowest BCUT2D eigenvalue weighted by molar-refractivity contribution is -0.157. The normalized spacial score (nSPS) is 20.1. The lowest BCUT2D eigenvalue weighted by Gasteiger charge is -2.39. The van der Waals surface area contributed by atoms with Gasteiger partial charge in [0.1, 0.15) is 23.6 Å². The van der Waals surface area contributed by atoms with Crippen molar-refractivity contribution in [3.63, 3.8) is 0 Å². The van der Waals surface area contributed by atoms with Gasteiger partial charge in [-0.1, -0.05) is 70.2 Å². The molecular formula is C42H59N3O7. The number of ether oxygens (including phenoxy) is 6. The van der Waals surface area contributed by atoms with Crippen molar-refractivity contribution in [1.29, 1.82) is 0 Å². The molecule has 2 aliphatic heterocycles. The molecule has 0 unspecified atom stereocenters. The number of hydrogen-bond donors (Lipinski definition) is 2. The van der Waals surface area contributed by atoms with Gasteiger partial charge in [0, 0.05) is 68.9 Å². The van der Waals surface area contributed by atoms with Crippen LogP contribution in [0.5, 0.6) is 11.5 Å². The third-order valence-corrected chi connectivity index (χ3v) is 10.1. The monoisotopic (exact) mass is 717 g/mol. The third kappa shape index (κ3) is 10.3. The topological polar surface area (TPSA) is 114 Å². The Hall–Kier alpha value is -3.67. The summed E-state index contributed by atoms with van der Waals surface area (Å²) < 4.78 is 35.5. The maximum absolute atomic E-state index is 13.1. The number of hydrogen-bond acceptors (Lipinski definition) is 10. The van der Waals surface area contributed by atoms with E-state index >= 15 is 0 Å². The molecule has 2 heterocycles. The number of benzene rings is 3. The molecule has 5 rings (SSSR count). The van der Waals surface area contributed by atoms with Crippen LogP contribution in [0.25, 0.3) is 0 Å². The maximum Gasteiger partial charge on any atom is 0.323 e. The van der Waals surface area contributed by atoms with Crippen molar-refractivity contribution in [3.8, 4) is 11.5 Å². The van der Waals surface area contributed by atoms with E-state index in [9.17, 15) is 4.79 Å². The van der Waals surface area contributed by atoms with Gasteiger partial charge in [-0.05, 0) is 53.3 Å². The summed E-state index contributed by atoms with van der Waals surface area (Å²) in [6.07, 6.45) is 1.04. The van der Waals surface area contributed by atoms with Gasteiger partial charge in [0.25, 0.3) is 0 Å². The Bertz CT molecular complexity index is 1560. The summed E-state index contributed by atoms with van der Waals surface area (Å²) in [6.45, 7) is 14.3. The second-order valence-electron chi connectivity index (χ2n) is 14.9. The van der Waals surface area contributed by atoms with E-state index in [-0.39, 0.29) is 23.4 Å². The largest absolute Gasteiger partial charge is 0.496 e. The number of nitrogens with one attached hydrogen (secondary N) is 1. The highest BCUT2D eigenvalue weighted by molar-refractivity contribution is 5.76. The average molecular weight is 718 g/mol. The number of rotatable bonds is 19. The van der Waals surface area contributed by atoms with E-state index in [2.05, 4.69) is 54.4 Å². The number of fused-ring (bicyclic) bond motifs is 1. The highest BCUT2D eigenvalue weighted by atomic mass is 16.6. The predicted molar refractivity (Wildman–Crippen MR) is 204 cm³/mol. The zero-order valence-corrected chi connectivity index (χ0v) is 31.9. The average Bonchev–Trinajstić information content (AvgIpc) is 3.40. The van der Waals surface area contributed by atoms with E-state index in [1.807, 2.05) is 50.2 Å². The van der Waals surface area contributed by atoms with Crippen molar-refractivity contribution in [3.05, 3.63) is 89.0 Å². The number of esters is 1. The van der Waals surface area contributed by atoms with E-state index in [1.54, 1.807) is 14.2 Å². The standard InChI is InChI=1S/C42H59N3O7/c1-29(2)40(43)41(46)52-38-25-44-24-37(51-26-30-13-18-34-35(23-30)45(19-9-20-47-5)28-42(34,3)4)39(38)31-14-16-33(17-15-31)50-22-10-21-49-27-32-11-7-8-12-36(32)48-6/h7-8,11-18,23,29,37-40,44H,9-10,19-22,24-28,43H2,1-6H3/t37-,38+,39+,40-/m0/s1. The van der Waals surface area contributed by atoms with Gasteiger partial charge in [0.05, 0.1) is 39.6 Å². The van der Waals surface area contributed by atoms with Gasteiger partial charge >= 0.3 is 5.97 Å². The van der Waals surface area contributed by atoms with Crippen molar-refractivity contribution in [2.75, 3.05) is 65.1 Å².